The molecule has 0 aliphatic carbocycles. The third kappa shape index (κ3) is 2.82. The Morgan fingerprint density at radius 3 is 3.00 bits per heavy atom. The van der Waals surface area contributed by atoms with Crippen molar-refractivity contribution in [3.8, 4) is 5.75 Å². The Kier molecular flexibility index (Phi) is 4.35. The summed E-state index contributed by atoms with van der Waals surface area (Å²) in [6.45, 7) is 0. The molecule has 23 heavy (non-hydrogen) atoms. The van der Waals surface area contributed by atoms with E-state index in [4.69, 9.17) is 25.8 Å². The molecule has 3 rings (SSSR count). The minimum Gasteiger partial charge on any atom is -0.495 e. The summed E-state index contributed by atoms with van der Waals surface area (Å²) in [4.78, 5) is 12.7. The number of nitrogens with one attached hydrogen (secondary N) is 1. The number of furan rings is 1. The number of nitrogens with zero attached hydrogens (tertiary/aromatic N) is 1. The van der Waals surface area contributed by atoms with E-state index in [1.54, 1.807) is 12.1 Å². The fraction of sp³-hybridized carbons (Fsp3) is 0.133. The molecule has 0 aliphatic rings. The van der Waals surface area contributed by atoms with Crippen molar-refractivity contribution in [1.82, 2.24) is 5.43 Å². The van der Waals surface area contributed by atoms with E-state index in [9.17, 15) is 4.79 Å². The molecule has 1 aromatic carbocycles. The van der Waals surface area contributed by atoms with Crippen LogP contribution in [0.25, 0.3) is 21.9 Å². The number of methoxy groups -OCH3 is 1. The lowest BCUT2D eigenvalue weighted by atomic mass is 10.1. The first-order valence-corrected chi connectivity index (χ1v) is 8.15. The lowest BCUT2D eigenvalue weighted by Gasteiger charge is -2.06. The molecule has 0 amide bonds. The second kappa shape index (κ2) is 6.43. The topological polar surface area (TPSA) is 77.0 Å². The van der Waals surface area contributed by atoms with E-state index in [2.05, 4.69) is 10.5 Å². The summed E-state index contributed by atoms with van der Waals surface area (Å²) in [5.74, 6) is 0.419. The molecule has 118 valence electrons. The van der Waals surface area contributed by atoms with Crippen molar-refractivity contribution >= 4 is 56.5 Å². The van der Waals surface area contributed by atoms with Crippen LogP contribution in [-0.2, 0) is 0 Å². The summed E-state index contributed by atoms with van der Waals surface area (Å²) in [5.41, 5.74) is 3.67. The van der Waals surface area contributed by atoms with Gasteiger partial charge in [0.05, 0.1) is 30.5 Å². The van der Waals surface area contributed by atoms with E-state index in [1.165, 1.54) is 37.6 Å². The quantitative estimate of drug-likeness (QED) is 0.443. The van der Waals surface area contributed by atoms with Gasteiger partial charge in [0, 0.05) is 6.07 Å². The predicted molar refractivity (Wildman–Crippen MR) is 95.7 cm³/mol. The molecule has 0 fully saturated rings. The van der Waals surface area contributed by atoms with Gasteiger partial charge >= 0.3 is 0 Å². The number of hydrogen-bond donors (Lipinski definition) is 1. The van der Waals surface area contributed by atoms with Crippen LogP contribution < -0.4 is 15.6 Å². The minimum absolute atomic E-state index is 0.244. The smallest absolute Gasteiger partial charge is 0.205 e. The van der Waals surface area contributed by atoms with Gasteiger partial charge in [0.1, 0.15) is 28.6 Å². The normalized spacial score (nSPS) is 11.4. The zero-order valence-corrected chi connectivity index (χ0v) is 13.9. The van der Waals surface area contributed by atoms with Gasteiger partial charge < -0.3 is 13.6 Å². The molecule has 0 saturated heterocycles. The van der Waals surface area contributed by atoms with Gasteiger partial charge in [-0.2, -0.15) is 5.10 Å². The zero-order valence-electron chi connectivity index (χ0n) is 12.3. The summed E-state index contributed by atoms with van der Waals surface area (Å²) in [5, 5.41) is 4.99. The van der Waals surface area contributed by atoms with Gasteiger partial charge in [0.15, 0.2) is 4.32 Å². The summed E-state index contributed by atoms with van der Waals surface area (Å²) in [6.07, 6.45) is 6.07. The molecule has 0 unspecified atom stereocenters. The van der Waals surface area contributed by atoms with Gasteiger partial charge in [-0.1, -0.05) is 24.0 Å². The average Bonchev–Trinajstić information content (AvgIpc) is 3.03. The number of thioether (sulfide) groups is 1. The molecule has 2 aromatic heterocycles. The molecule has 0 saturated carbocycles. The fourth-order valence-electron chi connectivity index (χ4n) is 2.19. The van der Waals surface area contributed by atoms with Crippen LogP contribution in [0.3, 0.4) is 0 Å². The molecule has 0 radical (unpaired) electrons. The molecule has 2 heterocycles. The summed E-state index contributed by atoms with van der Waals surface area (Å²) in [6, 6.07) is 3.41. The Bertz CT molecular complexity index is 975. The molecule has 3 aromatic rings. The summed E-state index contributed by atoms with van der Waals surface area (Å²) >= 11 is 6.32. The van der Waals surface area contributed by atoms with E-state index in [0.29, 0.717) is 32.0 Å². The zero-order chi connectivity index (χ0) is 16.4. The van der Waals surface area contributed by atoms with E-state index in [1.807, 2.05) is 6.26 Å². The number of thiocarbonyl (C=S) groups is 1. The van der Waals surface area contributed by atoms with Crippen LogP contribution in [0.5, 0.6) is 5.75 Å². The van der Waals surface area contributed by atoms with Crippen molar-refractivity contribution in [3.63, 3.8) is 0 Å². The van der Waals surface area contributed by atoms with Gasteiger partial charge in [-0.15, -0.1) is 0 Å². The Labute approximate surface area is 140 Å². The van der Waals surface area contributed by atoms with Crippen LogP contribution in [0.1, 0.15) is 5.56 Å². The Balaban J connectivity index is 2.16. The molecular formula is C15H12N2O4S2. The first-order chi connectivity index (χ1) is 11.2. The second-order valence-electron chi connectivity index (χ2n) is 4.50. The maximum Gasteiger partial charge on any atom is 0.205 e. The fourth-order valence-corrected chi connectivity index (χ4v) is 2.39. The van der Waals surface area contributed by atoms with Crippen LogP contribution in [0.2, 0.25) is 0 Å². The monoisotopic (exact) mass is 348 g/mol. The first kappa shape index (κ1) is 15.6. The lowest BCUT2D eigenvalue weighted by Crippen LogP contribution is -2.14. The third-order valence-corrected chi connectivity index (χ3v) is 4.28. The molecule has 0 spiro atoms. The summed E-state index contributed by atoms with van der Waals surface area (Å²) in [7, 11) is 1.50. The molecular weight excluding hydrogens is 336 g/mol. The minimum atomic E-state index is -0.244. The number of benzene rings is 1. The van der Waals surface area contributed by atoms with Gasteiger partial charge in [-0.25, -0.2) is 0 Å². The van der Waals surface area contributed by atoms with Crippen LogP contribution in [-0.4, -0.2) is 23.9 Å². The largest absolute Gasteiger partial charge is 0.495 e. The van der Waals surface area contributed by atoms with Crippen molar-refractivity contribution in [2.24, 2.45) is 5.10 Å². The van der Waals surface area contributed by atoms with Crippen molar-refractivity contribution in [3.05, 3.63) is 40.4 Å². The highest BCUT2D eigenvalue weighted by molar-refractivity contribution is 8.22. The highest BCUT2D eigenvalue weighted by atomic mass is 32.2. The van der Waals surface area contributed by atoms with Crippen molar-refractivity contribution in [2.45, 2.75) is 0 Å². The Morgan fingerprint density at radius 1 is 1.43 bits per heavy atom. The SMILES string of the molecule is COc1c2ccoc2cc2occ(/C=N/NC(=S)SC)c(=O)c12. The van der Waals surface area contributed by atoms with Crippen LogP contribution in [0.4, 0.5) is 0 Å². The first-order valence-electron chi connectivity index (χ1n) is 6.52. The van der Waals surface area contributed by atoms with E-state index in [0.717, 1.165) is 0 Å². The highest BCUT2D eigenvalue weighted by Crippen LogP contribution is 2.33. The van der Waals surface area contributed by atoms with E-state index in [-0.39, 0.29) is 11.0 Å². The van der Waals surface area contributed by atoms with Crippen molar-refractivity contribution in [2.75, 3.05) is 13.4 Å². The van der Waals surface area contributed by atoms with Crippen molar-refractivity contribution < 1.29 is 13.6 Å². The number of rotatable bonds is 3. The second-order valence-corrected chi connectivity index (χ2v) is 5.98. The highest BCUT2D eigenvalue weighted by Gasteiger charge is 2.16. The molecule has 0 aliphatic heterocycles. The van der Waals surface area contributed by atoms with Crippen molar-refractivity contribution in [1.29, 1.82) is 0 Å². The molecule has 8 heteroatoms. The van der Waals surface area contributed by atoms with Crippen LogP contribution in [0.15, 0.2) is 43.4 Å². The van der Waals surface area contributed by atoms with Gasteiger partial charge in [-0.3, -0.25) is 10.2 Å². The molecule has 0 bridgehead atoms. The standard InChI is InChI=1S/C15H12N2O4S2/c1-19-14-9-3-4-20-10(9)5-11-12(14)13(18)8(7-21-11)6-16-17-15(22)23-2/h3-7H,1-2H3,(H,17,22)/b16-6+. The molecule has 0 atom stereocenters. The third-order valence-electron chi connectivity index (χ3n) is 3.23. The maximum atomic E-state index is 12.7. The Morgan fingerprint density at radius 2 is 2.26 bits per heavy atom. The summed E-state index contributed by atoms with van der Waals surface area (Å²) < 4.78 is 16.8. The van der Waals surface area contributed by atoms with E-state index < -0.39 is 0 Å². The molecule has 1 N–H and O–H groups in total. The maximum absolute atomic E-state index is 12.7. The number of hydrazone groups is 1. The Hall–Kier alpha value is -2.32. The van der Waals surface area contributed by atoms with Gasteiger partial charge in [0.2, 0.25) is 5.43 Å². The van der Waals surface area contributed by atoms with Gasteiger partial charge in [0.25, 0.3) is 0 Å². The molecule has 6 nitrogen and oxygen atoms in total. The van der Waals surface area contributed by atoms with E-state index >= 15 is 0 Å². The number of fused-ring (bicyclic) bond motifs is 2. The number of hydrogen-bond acceptors (Lipinski definition) is 7. The van der Waals surface area contributed by atoms with Crippen LogP contribution in [0, 0.1) is 0 Å². The average molecular weight is 348 g/mol. The predicted octanol–water partition coefficient (Wildman–Crippen LogP) is 3.12. The number of ether oxygens (including phenoxy) is 1. The van der Waals surface area contributed by atoms with Gasteiger partial charge in [-0.05, 0) is 12.3 Å². The van der Waals surface area contributed by atoms with Crippen LogP contribution >= 0.6 is 24.0 Å². The lowest BCUT2D eigenvalue weighted by molar-refractivity contribution is 0.423.